The van der Waals surface area contributed by atoms with Gasteiger partial charge < -0.3 is 19.5 Å². The van der Waals surface area contributed by atoms with Gasteiger partial charge >= 0.3 is 5.97 Å². The van der Waals surface area contributed by atoms with Crippen LogP contribution in [0.3, 0.4) is 0 Å². The lowest BCUT2D eigenvalue weighted by molar-refractivity contribution is -0.142. The number of sulfonamides is 1. The molecule has 0 unspecified atom stereocenters. The molecule has 1 N–H and O–H groups in total. The highest BCUT2D eigenvalue weighted by atomic mass is 35.5. The molecule has 2 aromatic rings. The van der Waals surface area contributed by atoms with Crippen molar-refractivity contribution < 1.29 is 32.2 Å². The maximum Gasteiger partial charge on any atom is 0.331 e. The largest absolute Gasteiger partial charge is 0.495 e. The Labute approximate surface area is 196 Å². The molecule has 0 aromatic heterocycles. The van der Waals surface area contributed by atoms with E-state index in [-0.39, 0.29) is 29.4 Å². The van der Waals surface area contributed by atoms with Crippen LogP contribution in [-0.2, 0) is 29.1 Å². The molecule has 9 nitrogen and oxygen atoms in total. The topological polar surface area (TPSA) is 111 Å². The number of carbonyl (C=O) groups is 2. The summed E-state index contributed by atoms with van der Waals surface area (Å²) in [7, 11) is -2.49. The first-order chi connectivity index (χ1) is 15.8. The number of halogens is 1. The zero-order chi connectivity index (χ0) is 23.8. The van der Waals surface area contributed by atoms with Crippen LogP contribution in [0.5, 0.6) is 5.75 Å². The normalized spacial score (nSPS) is 14.7. The Hall–Kier alpha value is -2.92. The number of carbonyl (C=O) groups excluding carboxylic acids is 2. The molecule has 1 aliphatic rings. The second-order valence-corrected chi connectivity index (χ2v) is 9.27. The summed E-state index contributed by atoms with van der Waals surface area (Å²) >= 11 is 5.89. The summed E-state index contributed by atoms with van der Waals surface area (Å²) in [6, 6.07) is 11.1. The van der Waals surface area contributed by atoms with Crippen molar-refractivity contribution in [3.8, 4) is 5.75 Å². The Morgan fingerprint density at radius 2 is 1.94 bits per heavy atom. The first-order valence-corrected chi connectivity index (χ1v) is 11.8. The second-order valence-electron chi connectivity index (χ2n) is 6.93. The molecule has 0 spiro atoms. The van der Waals surface area contributed by atoms with Crippen molar-refractivity contribution >= 4 is 45.3 Å². The molecular weight excluding hydrogens is 472 g/mol. The van der Waals surface area contributed by atoms with Gasteiger partial charge in [-0.2, -0.15) is 4.31 Å². The molecule has 0 radical (unpaired) electrons. The quantitative estimate of drug-likeness (QED) is 0.443. The third-order valence-electron chi connectivity index (χ3n) is 4.64. The Kier molecular flexibility index (Phi) is 8.45. The van der Waals surface area contributed by atoms with Crippen molar-refractivity contribution in [3.63, 3.8) is 0 Å². The van der Waals surface area contributed by atoms with Crippen molar-refractivity contribution in [2.75, 3.05) is 45.3 Å². The van der Waals surface area contributed by atoms with Gasteiger partial charge in [-0.1, -0.05) is 23.7 Å². The number of hydrogen-bond donors (Lipinski definition) is 1. The monoisotopic (exact) mass is 494 g/mol. The molecule has 0 saturated carbocycles. The van der Waals surface area contributed by atoms with Gasteiger partial charge in [-0.15, -0.1) is 0 Å². The fourth-order valence-electron chi connectivity index (χ4n) is 3.04. The first kappa shape index (κ1) is 24.7. The van der Waals surface area contributed by atoms with E-state index in [1.165, 1.54) is 41.8 Å². The highest BCUT2D eigenvalue weighted by Crippen LogP contribution is 2.30. The van der Waals surface area contributed by atoms with Gasteiger partial charge in [0, 0.05) is 29.9 Å². The Bertz CT molecular complexity index is 1150. The van der Waals surface area contributed by atoms with E-state index >= 15 is 0 Å². The van der Waals surface area contributed by atoms with Crippen molar-refractivity contribution in [3.05, 3.63) is 59.1 Å². The Morgan fingerprint density at radius 1 is 1.18 bits per heavy atom. The Morgan fingerprint density at radius 3 is 2.64 bits per heavy atom. The lowest BCUT2D eigenvalue weighted by atomic mass is 10.2. The van der Waals surface area contributed by atoms with Gasteiger partial charge in [0.2, 0.25) is 10.0 Å². The lowest BCUT2D eigenvalue weighted by Gasteiger charge is -2.26. The minimum Gasteiger partial charge on any atom is -0.495 e. The first-order valence-electron chi connectivity index (χ1n) is 9.96. The number of benzene rings is 2. The maximum absolute atomic E-state index is 13.0. The van der Waals surface area contributed by atoms with Gasteiger partial charge in [-0.3, -0.25) is 4.79 Å². The van der Waals surface area contributed by atoms with Gasteiger partial charge in [0.1, 0.15) is 10.6 Å². The summed E-state index contributed by atoms with van der Waals surface area (Å²) < 4.78 is 42.7. The van der Waals surface area contributed by atoms with Crippen LogP contribution in [-0.4, -0.2) is 64.6 Å². The number of morpholine rings is 1. The number of nitrogens with zero attached hydrogens (tertiary/aromatic N) is 1. The van der Waals surface area contributed by atoms with Crippen LogP contribution in [0.25, 0.3) is 6.08 Å². The smallest absolute Gasteiger partial charge is 0.331 e. The van der Waals surface area contributed by atoms with E-state index < -0.39 is 28.5 Å². The van der Waals surface area contributed by atoms with Gasteiger partial charge in [0.25, 0.3) is 5.91 Å². The molecule has 0 aliphatic carbocycles. The number of methoxy groups -OCH3 is 1. The minimum absolute atomic E-state index is 0.0776. The van der Waals surface area contributed by atoms with E-state index in [0.717, 1.165) is 0 Å². The summed E-state index contributed by atoms with van der Waals surface area (Å²) in [5, 5.41) is 3.05. The van der Waals surface area contributed by atoms with Crippen LogP contribution in [0, 0.1) is 0 Å². The number of nitrogens with one attached hydrogen (secondary N) is 1. The minimum atomic E-state index is -3.85. The van der Waals surface area contributed by atoms with E-state index in [4.69, 9.17) is 25.8 Å². The molecule has 1 amide bonds. The summed E-state index contributed by atoms with van der Waals surface area (Å²) in [5.74, 6) is -1.19. The average molecular weight is 495 g/mol. The molecule has 3 rings (SSSR count). The van der Waals surface area contributed by atoms with Gasteiger partial charge in [0.15, 0.2) is 6.61 Å². The number of rotatable bonds is 8. The van der Waals surface area contributed by atoms with Crippen LogP contribution >= 0.6 is 11.6 Å². The highest BCUT2D eigenvalue weighted by Gasteiger charge is 2.29. The Balaban J connectivity index is 1.62. The molecule has 1 aliphatic heterocycles. The molecule has 0 bridgehead atoms. The molecule has 2 aromatic carbocycles. The molecule has 1 heterocycles. The summed E-state index contributed by atoms with van der Waals surface area (Å²) in [5.41, 5.74) is 0.925. The highest BCUT2D eigenvalue weighted by molar-refractivity contribution is 7.89. The standard InChI is InChI=1S/C22H23ClN2O7S/c1-30-19-7-6-18(14-20(19)33(28,29)25-9-11-31-12-10-25)24-21(26)15-32-22(27)8-5-16-3-2-4-17(23)13-16/h2-8,13-14H,9-12,15H2,1H3,(H,24,26)/b8-5+. The second kappa shape index (κ2) is 11.3. The summed E-state index contributed by atoms with van der Waals surface area (Å²) in [6.45, 7) is 0.502. The molecule has 1 saturated heterocycles. The van der Waals surface area contributed by atoms with E-state index in [1.54, 1.807) is 24.3 Å². The fraction of sp³-hybridized carbons (Fsp3) is 0.273. The third kappa shape index (κ3) is 6.78. The van der Waals surface area contributed by atoms with Gasteiger partial charge in [-0.25, -0.2) is 13.2 Å². The SMILES string of the molecule is COc1ccc(NC(=O)COC(=O)/C=C/c2cccc(Cl)c2)cc1S(=O)(=O)N1CCOCC1. The number of esters is 1. The van der Waals surface area contributed by atoms with Crippen LogP contribution in [0.4, 0.5) is 5.69 Å². The van der Waals surface area contributed by atoms with Crippen LogP contribution < -0.4 is 10.1 Å². The number of ether oxygens (including phenoxy) is 3. The summed E-state index contributed by atoms with van der Waals surface area (Å²) in [4.78, 5) is 24.0. The zero-order valence-corrected chi connectivity index (χ0v) is 19.4. The number of amides is 1. The molecule has 0 atom stereocenters. The van der Waals surface area contributed by atoms with Crippen LogP contribution in [0.1, 0.15) is 5.56 Å². The van der Waals surface area contributed by atoms with Gasteiger partial charge in [-0.05, 0) is 42.0 Å². The lowest BCUT2D eigenvalue weighted by Crippen LogP contribution is -2.40. The average Bonchev–Trinajstić information content (AvgIpc) is 2.82. The molecule has 11 heteroatoms. The maximum atomic E-state index is 13.0. The zero-order valence-electron chi connectivity index (χ0n) is 17.8. The molecule has 1 fully saturated rings. The molecule has 176 valence electrons. The third-order valence-corrected chi connectivity index (χ3v) is 6.80. The van der Waals surface area contributed by atoms with Crippen LogP contribution in [0.15, 0.2) is 53.4 Å². The molecular formula is C22H23ClN2O7S. The number of anilines is 1. The summed E-state index contributed by atoms with van der Waals surface area (Å²) in [6.07, 6.45) is 2.69. The fourth-order valence-corrected chi connectivity index (χ4v) is 4.83. The number of hydrogen-bond acceptors (Lipinski definition) is 7. The van der Waals surface area contributed by atoms with Crippen molar-refractivity contribution in [2.45, 2.75) is 4.90 Å². The van der Waals surface area contributed by atoms with E-state index in [9.17, 15) is 18.0 Å². The van der Waals surface area contributed by atoms with Crippen molar-refractivity contribution in [1.82, 2.24) is 4.31 Å². The predicted octanol–water partition coefficient (Wildman–Crippen LogP) is 2.56. The van der Waals surface area contributed by atoms with Crippen LogP contribution in [0.2, 0.25) is 5.02 Å². The molecule has 33 heavy (non-hydrogen) atoms. The predicted molar refractivity (Wildman–Crippen MR) is 123 cm³/mol. The van der Waals surface area contributed by atoms with Crippen molar-refractivity contribution in [1.29, 1.82) is 0 Å². The van der Waals surface area contributed by atoms with E-state index in [1.807, 2.05) is 0 Å². The van der Waals surface area contributed by atoms with Gasteiger partial charge in [0.05, 0.1) is 20.3 Å². The van der Waals surface area contributed by atoms with Crippen molar-refractivity contribution in [2.24, 2.45) is 0 Å². The van der Waals surface area contributed by atoms with E-state index in [2.05, 4.69) is 5.32 Å². The van der Waals surface area contributed by atoms with E-state index in [0.29, 0.717) is 23.8 Å².